The molecule has 3 rings (SSSR count). The predicted octanol–water partition coefficient (Wildman–Crippen LogP) is 3.61. The van der Waals surface area contributed by atoms with E-state index in [9.17, 15) is 4.79 Å². The van der Waals surface area contributed by atoms with E-state index in [-0.39, 0.29) is 5.91 Å². The number of likely N-dealkylation sites (tertiary alicyclic amines) is 1. The summed E-state index contributed by atoms with van der Waals surface area (Å²) >= 11 is 6.02. The quantitative estimate of drug-likeness (QED) is 0.734. The van der Waals surface area contributed by atoms with Crippen molar-refractivity contribution >= 4 is 17.5 Å². The fourth-order valence-electron chi connectivity index (χ4n) is 3.52. The van der Waals surface area contributed by atoms with Crippen molar-refractivity contribution in [3.8, 4) is 5.69 Å². The highest BCUT2D eigenvalue weighted by molar-refractivity contribution is 6.30. The van der Waals surface area contributed by atoms with Gasteiger partial charge in [0.25, 0.3) is 5.91 Å². The van der Waals surface area contributed by atoms with E-state index in [0.717, 1.165) is 25.1 Å². The van der Waals surface area contributed by atoms with Gasteiger partial charge >= 0.3 is 0 Å². The molecule has 1 saturated heterocycles. The molecule has 1 atom stereocenters. The van der Waals surface area contributed by atoms with Crippen LogP contribution in [0, 0.1) is 6.92 Å². The Morgan fingerprint density at radius 3 is 2.93 bits per heavy atom. The number of benzene rings is 1. The summed E-state index contributed by atoms with van der Waals surface area (Å²) in [6.45, 7) is 7.08. The number of hydrogen-bond acceptors (Lipinski definition) is 4. The first-order valence-electron chi connectivity index (χ1n) is 9.77. The van der Waals surface area contributed by atoms with Gasteiger partial charge in [0.05, 0.1) is 11.4 Å². The highest BCUT2D eigenvalue weighted by atomic mass is 35.5. The second-order valence-corrected chi connectivity index (χ2v) is 7.68. The molecule has 0 saturated carbocycles. The van der Waals surface area contributed by atoms with Crippen molar-refractivity contribution in [3.63, 3.8) is 0 Å². The van der Waals surface area contributed by atoms with Crippen LogP contribution in [0.25, 0.3) is 5.69 Å². The number of carbonyl (C=O) groups is 1. The number of piperidine rings is 1. The van der Waals surface area contributed by atoms with E-state index in [1.807, 2.05) is 12.1 Å². The van der Waals surface area contributed by atoms with Gasteiger partial charge < -0.3 is 10.2 Å². The van der Waals surface area contributed by atoms with E-state index in [1.54, 1.807) is 19.1 Å². The van der Waals surface area contributed by atoms with Gasteiger partial charge in [0.15, 0.2) is 5.69 Å². The highest BCUT2D eigenvalue weighted by Crippen LogP contribution is 2.17. The molecule has 2 aromatic rings. The molecule has 146 valence electrons. The normalized spacial score (nSPS) is 17.8. The van der Waals surface area contributed by atoms with Crippen molar-refractivity contribution in [2.45, 2.75) is 52.0 Å². The smallest absolute Gasteiger partial charge is 0.273 e. The Balaban J connectivity index is 1.47. The zero-order valence-corrected chi connectivity index (χ0v) is 16.9. The molecule has 7 heteroatoms. The largest absolute Gasteiger partial charge is 0.351 e. The molecule has 1 aliphatic heterocycles. The van der Waals surface area contributed by atoms with Gasteiger partial charge in [-0.3, -0.25) is 4.79 Å². The van der Waals surface area contributed by atoms with Gasteiger partial charge in [0.2, 0.25) is 0 Å². The van der Waals surface area contributed by atoms with Gasteiger partial charge in [-0.1, -0.05) is 24.1 Å². The summed E-state index contributed by atoms with van der Waals surface area (Å²) in [6.07, 6.45) is 6.03. The molecule has 1 fully saturated rings. The molecule has 1 N–H and O–H groups in total. The van der Waals surface area contributed by atoms with Crippen molar-refractivity contribution in [3.05, 3.63) is 40.7 Å². The zero-order valence-electron chi connectivity index (χ0n) is 16.1. The van der Waals surface area contributed by atoms with E-state index in [2.05, 4.69) is 27.3 Å². The molecule has 6 nitrogen and oxygen atoms in total. The Hall–Kier alpha value is -1.92. The lowest BCUT2D eigenvalue weighted by molar-refractivity contribution is 0.0945. The second kappa shape index (κ2) is 9.33. The number of halogens is 1. The summed E-state index contributed by atoms with van der Waals surface area (Å²) in [5, 5.41) is 12.2. The number of rotatable bonds is 7. The molecule has 1 aromatic heterocycles. The van der Waals surface area contributed by atoms with Crippen molar-refractivity contribution in [2.24, 2.45) is 0 Å². The molecule has 2 heterocycles. The first-order valence-corrected chi connectivity index (χ1v) is 10.1. The summed E-state index contributed by atoms with van der Waals surface area (Å²) in [5.41, 5.74) is 1.70. The summed E-state index contributed by atoms with van der Waals surface area (Å²) in [4.78, 5) is 16.4. The van der Waals surface area contributed by atoms with Gasteiger partial charge in [0.1, 0.15) is 0 Å². The summed E-state index contributed by atoms with van der Waals surface area (Å²) < 4.78 is 0. The zero-order chi connectivity index (χ0) is 19.2. The molecule has 0 spiro atoms. The molecule has 0 radical (unpaired) electrons. The van der Waals surface area contributed by atoms with E-state index >= 15 is 0 Å². The third-order valence-corrected chi connectivity index (χ3v) is 5.37. The van der Waals surface area contributed by atoms with E-state index in [4.69, 9.17) is 11.6 Å². The van der Waals surface area contributed by atoms with E-state index in [1.165, 1.54) is 30.6 Å². The van der Waals surface area contributed by atoms with Crippen molar-refractivity contribution in [1.29, 1.82) is 0 Å². The summed E-state index contributed by atoms with van der Waals surface area (Å²) in [5.74, 6) is -0.174. The molecule has 27 heavy (non-hydrogen) atoms. The van der Waals surface area contributed by atoms with Crippen LogP contribution in [0.2, 0.25) is 5.02 Å². The molecule has 1 unspecified atom stereocenters. The Kier molecular flexibility index (Phi) is 6.85. The Bertz CT molecular complexity index is 775. The number of aryl methyl sites for hydroxylation is 1. The fourth-order valence-corrected chi connectivity index (χ4v) is 3.70. The number of hydrogen-bond donors (Lipinski definition) is 1. The maximum atomic E-state index is 12.4. The number of amides is 1. The van der Waals surface area contributed by atoms with Crippen LogP contribution in [0.4, 0.5) is 0 Å². The van der Waals surface area contributed by atoms with Gasteiger partial charge in [0, 0.05) is 17.6 Å². The number of unbranched alkanes of at least 4 members (excludes halogenated alkanes) is 1. The van der Waals surface area contributed by atoms with E-state index in [0.29, 0.717) is 29.0 Å². The molecular weight excluding hydrogens is 362 g/mol. The first-order chi connectivity index (χ1) is 13.0. The van der Waals surface area contributed by atoms with Crippen LogP contribution in [0.3, 0.4) is 0 Å². The highest BCUT2D eigenvalue weighted by Gasteiger charge is 2.18. The van der Waals surface area contributed by atoms with Crippen molar-refractivity contribution in [1.82, 2.24) is 25.2 Å². The number of nitrogens with one attached hydrogen (secondary N) is 1. The fraction of sp³-hybridized carbons (Fsp3) is 0.550. The number of nitrogens with zero attached hydrogens (tertiary/aromatic N) is 4. The third-order valence-electron chi connectivity index (χ3n) is 5.13. The van der Waals surface area contributed by atoms with Gasteiger partial charge in [-0.2, -0.15) is 9.90 Å². The first kappa shape index (κ1) is 19.8. The number of carbonyl (C=O) groups excluding carboxylic acids is 1. The second-order valence-electron chi connectivity index (χ2n) is 7.25. The van der Waals surface area contributed by atoms with Crippen LogP contribution in [0.1, 0.15) is 55.2 Å². The minimum Gasteiger partial charge on any atom is -0.351 e. The average Bonchev–Trinajstić information content (AvgIpc) is 3.05. The molecule has 1 aromatic carbocycles. The van der Waals surface area contributed by atoms with Crippen LogP contribution in [-0.4, -0.2) is 51.5 Å². The maximum Gasteiger partial charge on any atom is 0.273 e. The van der Waals surface area contributed by atoms with Crippen molar-refractivity contribution < 1.29 is 4.79 Å². The Morgan fingerprint density at radius 2 is 2.15 bits per heavy atom. The van der Waals surface area contributed by atoms with Gasteiger partial charge in [-0.05, 0) is 70.8 Å². The van der Waals surface area contributed by atoms with Gasteiger partial charge in [-0.25, -0.2) is 0 Å². The maximum absolute atomic E-state index is 12.4. The predicted molar refractivity (Wildman–Crippen MR) is 108 cm³/mol. The standard InChI is InChI=1S/C20H28ClN5O/c1-15-8-3-5-12-25(15)13-6-4-11-22-20(27)19-16(2)23-26(24-19)18-10-7-9-17(21)14-18/h7,9-10,14-15H,3-6,8,11-13H2,1-2H3,(H,22,27). The molecule has 1 aliphatic rings. The van der Waals surface area contributed by atoms with Crippen molar-refractivity contribution in [2.75, 3.05) is 19.6 Å². The van der Waals surface area contributed by atoms with Crippen LogP contribution < -0.4 is 5.32 Å². The lowest BCUT2D eigenvalue weighted by atomic mass is 10.0. The molecule has 1 amide bonds. The minimum absolute atomic E-state index is 0.174. The summed E-state index contributed by atoms with van der Waals surface area (Å²) in [7, 11) is 0. The summed E-state index contributed by atoms with van der Waals surface area (Å²) in [6, 6.07) is 7.94. The monoisotopic (exact) mass is 389 g/mol. The minimum atomic E-state index is -0.174. The molecule has 0 aliphatic carbocycles. The Morgan fingerprint density at radius 1 is 1.30 bits per heavy atom. The Labute approximate surface area is 165 Å². The number of aromatic nitrogens is 3. The van der Waals surface area contributed by atoms with Crippen LogP contribution >= 0.6 is 11.6 Å². The van der Waals surface area contributed by atoms with Crippen LogP contribution in [-0.2, 0) is 0 Å². The lowest BCUT2D eigenvalue weighted by Gasteiger charge is -2.33. The molecular formula is C20H28ClN5O. The van der Waals surface area contributed by atoms with Crippen LogP contribution in [0.15, 0.2) is 24.3 Å². The topological polar surface area (TPSA) is 63.1 Å². The van der Waals surface area contributed by atoms with Crippen LogP contribution in [0.5, 0.6) is 0 Å². The average molecular weight is 390 g/mol. The third kappa shape index (κ3) is 5.30. The molecule has 0 bridgehead atoms. The SMILES string of the molecule is Cc1nn(-c2cccc(Cl)c2)nc1C(=O)NCCCCN1CCCCC1C. The van der Waals surface area contributed by atoms with E-state index < -0.39 is 0 Å². The lowest BCUT2D eigenvalue weighted by Crippen LogP contribution is -2.38. The van der Waals surface area contributed by atoms with Gasteiger partial charge in [-0.15, -0.1) is 5.10 Å².